The first kappa shape index (κ1) is 13.0. The molecule has 0 fully saturated rings. The zero-order valence-corrected chi connectivity index (χ0v) is 18.6. The van der Waals surface area contributed by atoms with Crippen LogP contribution in [0.5, 0.6) is 0 Å². The molecule has 88 valence electrons. The Balaban J connectivity index is 2.20. The van der Waals surface area contributed by atoms with E-state index in [2.05, 4.69) is 48.5 Å². The van der Waals surface area contributed by atoms with Crippen LogP contribution in [-0.4, -0.2) is 58.1 Å². The van der Waals surface area contributed by atoms with Gasteiger partial charge in [-0.2, -0.15) is 0 Å². The number of hydrogen-bond donors (Lipinski definition) is 0. The molecule has 0 spiro atoms. The maximum absolute atomic E-state index is 2.56. The number of rotatable bonds is 0. The third-order valence-electron chi connectivity index (χ3n) is 3.04. The molecule has 0 saturated carbocycles. The van der Waals surface area contributed by atoms with Gasteiger partial charge in [0.1, 0.15) is 0 Å². The Bertz CT molecular complexity index is 742. The molecule has 0 bridgehead atoms. The molecule has 0 aliphatic carbocycles. The molecule has 0 atom stereocenters. The summed E-state index contributed by atoms with van der Waals surface area (Å²) in [5, 5.41) is 5.76. The summed E-state index contributed by atoms with van der Waals surface area (Å²) in [6.45, 7) is 0. The van der Waals surface area contributed by atoms with Crippen molar-refractivity contribution in [3.8, 4) is 0 Å². The molecule has 0 N–H and O–H groups in total. The van der Waals surface area contributed by atoms with Gasteiger partial charge in [0, 0.05) is 0 Å². The van der Waals surface area contributed by atoms with E-state index in [0.29, 0.717) is 58.1 Å². The summed E-state index contributed by atoms with van der Waals surface area (Å²) in [5.74, 6) is 0. The average molecular weight is 687 g/mol. The molecule has 4 aromatic rings. The van der Waals surface area contributed by atoms with E-state index >= 15 is 0 Å². The Kier molecular flexibility index (Phi) is 4.06. The van der Waals surface area contributed by atoms with E-state index in [1.165, 1.54) is 21.5 Å². The normalized spacial score (nSPS) is 11.3. The van der Waals surface area contributed by atoms with E-state index in [1.807, 2.05) is 6.80 Å². The molecule has 0 saturated heterocycles. The van der Waals surface area contributed by atoms with Crippen LogP contribution in [0.3, 0.4) is 0 Å². The SMILES string of the molecule is c1ccc2cc3cc4[te][te][te][te]c4cc3cc2c1. The molecule has 0 radical (unpaired) electrons. The summed E-state index contributed by atoms with van der Waals surface area (Å²) in [7, 11) is 0. The van der Waals surface area contributed by atoms with Crippen LogP contribution < -0.4 is 0 Å². The summed E-state index contributed by atoms with van der Waals surface area (Å²) in [4.78, 5) is 0. The van der Waals surface area contributed by atoms with Crippen molar-refractivity contribution in [1.29, 1.82) is 0 Å². The van der Waals surface area contributed by atoms with Gasteiger partial charge >= 0.3 is 135 Å². The fraction of sp³-hybridized carbons (Fsp3) is 0. The summed E-state index contributed by atoms with van der Waals surface area (Å²) < 4.78 is 3.70. The second-order valence-corrected chi connectivity index (χ2v) is 54.9. The second-order valence-electron chi connectivity index (χ2n) is 4.15. The second kappa shape index (κ2) is 5.61. The predicted molar refractivity (Wildman–Crippen MR) is 84.3 cm³/mol. The Labute approximate surface area is 132 Å². The number of hydrogen-bond acceptors (Lipinski definition) is 0. The van der Waals surface area contributed by atoms with Crippen molar-refractivity contribution in [2.75, 3.05) is 0 Å². The molecule has 0 unspecified atom stereocenters. The van der Waals surface area contributed by atoms with Crippen molar-refractivity contribution in [1.82, 2.24) is 0 Å². The average Bonchev–Trinajstić information content (AvgIpc) is 2.42. The Morgan fingerprint density at radius 1 is 0.556 bits per heavy atom. The Morgan fingerprint density at radius 2 is 1.06 bits per heavy atom. The molecule has 4 heteroatoms. The van der Waals surface area contributed by atoms with Crippen molar-refractivity contribution >= 4 is 86.4 Å². The van der Waals surface area contributed by atoms with Gasteiger partial charge in [-0.1, -0.05) is 0 Å². The van der Waals surface area contributed by atoms with Crippen LogP contribution in [-0.2, 0) is 0 Å². The molecule has 0 aliphatic rings. The summed E-state index contributed by atoms with van der Waals surface area (Å²) in [5.41, 5.74) is 0. The van der Waals surface area contributed by atoms with Gasteiger partial charge in [0.15, 0.2) is 0 Å². The maximum atomic E-state index is 2.56. The van der Waals surface area contributed by atoms with Crippen LogP contribution >= 0.6 is 0 Å². The van der Waals surface area contributed by atoms with E-state index in [1.54, 1.807) is 0 Å². The van der Waals surface area contributed by atoms with Gasteiger partial charge in [0.05, 0.1) is 0 Å². The molecule has 4 rings (SSSR count). The zero-order chi connectivity index (χ0) is 11.9. The standard InChI is InChI=1S/C14H8Te4/c1-2-4-10-6-12-8-14-13(15-17-18-16-14)7-11(12)5-9(10)3-1/h1-8H. The van der Waals surface area contributed by atoms with Gasteiger partial charge in [0.2, 0.25) is 0 Å². The van der Waals surface area contributed by atoms with Crippen molar-refractivity contribution in [3.05, 3.63) is 48.5 Å². The van der Waals surface area contributed by atoms with E-state index in [9.17, 15) is 0 Å². The first-order chi connectivity index (χ1) is 8.90. The zero-order valence-electron chi connectivity index (χ0n) is 9.25. The molecule has 1 heterocycles. The molecule has 0 aliphatic heterocycles. The minimum absolute atomic E-state index is 0.317. The summed E-state index contributed by atoms with van der Waals surface area (Å²) in [6, 6.07) is 18.7. The van der Waals surface area contributed by atoms with Gasteiger partial charge < -0.3 is 0 Å². The first-order valence-corrected chi connectivity index (χ1v) is 29.9. The third kappa shape index (κ3) is 2.46. The molecule has 0 nitrogen and oxygen atoms in total. The quantitative estimate of drug-likeness (QED) is 0.197. The molecule has 1 aromatic heterocycles. The van der Waals surface area contributed by atoms with Crippen LogP contribution in [0.15, 0.2) is 48.5 Å². The van der Waals surface area contributed by atoms with Crippen LogP contribution in [0.4, 0.5) is 0 Å². The van der Waals surface area contributed by atoms with Crippen LogP contribution in [0.25, 0.3) is 28.3 Å². The number of benzene rings is 3. The van der Waals surface area contributed by atoms with Crippen molar-refractivity contribution in [2.45, 2.75) is 0 Å². The fourth-order valence-electron chi connectivity index (χ4n) is 2.18. The van der Waals surface area contributed by atoms with Crippen molar-refractivity contribution < 1.29 is 0 Å². The predicted octanol–water partition coefficient (Wildman–Crippen LogP) is 2.50. The molecular weight excluding hydrogens is 679 g/mol. The molecule has 0 amide bonds. The fourth-order valence-corrected chi connectivity index (χ4v) is 96.0. The van der Waals surface area contributed by atoms with E-state index < -0.39 is 0 Å². The Hall–Kier alpha value is 1.34. The van der Waals surface area contributed by atoms with E-state index in [4.69, 9.17) is 0 Å². The molecule has 18 heavy (non-hydrogen) atoms. The van der Waals surface area contributed by atoms with Gasteiger partial charge in [-0.15, -0.1) is 0 Å². The topological polar surface area (TPSA) is 0 Å². The van der Waals surface area contributed by atoms with Crippen molar-refractivity contribution in [3.63, 3.8) is 0 Å². The van der Waals surface area contributed by atoms with Gasteiger partial charge in [-0.05, 0) is 0 Å². The van der Waals surface area contributed by atoms with Gasteiger partial charge in [-0.3, -0.25) is 0 Å². The number of fused-ring (bicyclic) bond motifs is 3. The third-order valence-corrected chi connectivity index (χ3v) is 90.8. The summed E-state index contributed by atoms with van der Waals surface area (Å²) in [6.07, 6.45) is 0. The Morgan fingerprint density at radius 3 is 1.56 bits per heavy atom. The van der Waals surface area contributed by atoms with Crippen LogP contribution in [0.1, 0.15) is 0 Å². The van der Waals surface area contributed by atoms with E-state index in [0.717, 1.165) is 0 Å². The monoisotopic (exact) mass is 696 g/mol. The van der Waals surface area contributed by atoms with Gasteiger partial charge in [-0.25, -0.2) is 0 Å². The molecular formula is C14H8Te4. The van der Waals surface area contributed by atoms with Crippen LogP contribution in [0, 0.1) is 0 Å². The van der Waals surface area contributed by atoms with E-state index in [-0.39, 0.29) is 0 Å². The van der Waals surface area contributed by atoms with Crippen molar-refractivity contribution in [2.24, 2.45) is 0 Å². The minimum atomic E-state index is 0.317. The summed E-state index contributed by atoms with van der Waals surface area (Å²) >= 11 is 1.80. The van der Waals surface area contributed by atoms with Crippen LogP contribution in [0.2, 0.25) is 0 Å². The van der Waals surface area contributed by atoms with Gasteiger partial charge in [0.25, 0.3) is 0 Å². The first-order valence-electron chi connectivity index (χ1n) is 5.54. The molecule has 3 aromatic carbocycles.